The molecule has 2 N–H and O–H groups in total. The van der Waals surface area contributed by atoms with Gasteiger partial charge in [0.05, 0.1) is 15.2 Å². The van der Waals surface area contributed by atoms with Crippen LogP contribution in [0.2, 0.25) is 4.34 Å². The van der Waals surface area contributed by atoms with E-state index in [2.05, 4.69) is 15.9 Å². The molecule has 0 spiro atoms. The molecule has 4 nitrogen and oxygen atoms in total. The summed E-state index contributed by atoms with van der Waals surface area (Å²) in [6.07, 6.45) is 0. The average Bonchev–Trinajstić information content (AvgIpc) is 2.45. The van der Waals surface area contributed by atoms with Crippen molar-refractivity contribution in [3.63, 3.8) is 0 Å². The number of thiophene rings is 1. The highest BCUT2D eigenvalue weighted by atomic mass is 79.9. The summed E-state index contributed by atoms with van der Waals surface area (Å²) in [4.78, 5) is 11.3. The van der Waals surface area contributed by atoms with Crippen molar-refractivity contribution in [2.24, 2.45) is 5.14 Å². The van der Waals surface area contributed by atoms with Crippen molar-refractivity contribution < 1.29 is 13.2 Å². The van der Waals surface area contributed by atoms with Gasteiger partial charge in [-0.25, -0.2) is 13.6 Å². The third kappa shape index (κ3) is 2.54. The second-order valence-corrected chi connectivity index (χ2v) is 6.35. The van der Waals surface area contributed by atoms with Crippen LogP contribution in [-0.2, 0) is 10.0 Å². The number of nitrogens with two attached hydrogens (primary N) is 1. The number of rotatable bonds is 3. The summed E-state index contributed by atoms with van der Waals surface area (Å²) in [5.74, 6) is -0.364. The molecular weight excluding hydrogens is 314 g/mol. The van der Waals surface area contributed by atoms with Crippen LogP contribution in [0.4, 0.5) is 0 Å². The Kier molecular flexibility index (Phi) is 3.70. The summed E-state index contributed by atoms with van der Waals surface area (Å²) in [5, 5.41) is 4.95. The fourth-order valence-corrected chi connectivity index (χ4v) is 3.45. The van der Waals surface area contributed by atoms with Gasteiger partial charge in [0, 0.05) is 0 Å². The Morgan fingerprint density at radius 3 is 2.64 bits per heavy atom. The molecule has 0 atom stereocenters. The van der Waals surface area contributed by atoms with Crippen molar-refractivity contribution in [3.8, 4) is 0 Å². The molecule has 0 bridgehead atoms. The lowest BCUT2D eigenvalue weighted by molar-refractivity contribution is 0.102. The Morgan fingerprint density at radius 1 is 1.64 bits per heavy atom. The summed E-state index contributed by atoms with van der Waals surface area (Å²) in [5.41, 5.74) is 0.0411. The van der Waals surface area contributed by atoms with Gasteiger partial charge in [-0.2, -0.15) is 0 Å². The van der Waals surface area contributed by atoms with E-state index in [9.17, 15) is 13.2 Å². The lowest BCUT2D eigenvalue weighted by atomic mass is 10.2. The van der Waals surface area contributed by atoms with Crippen LogP contribution in [0.3, 0.4) is 0 Å². The highest BCUT2D eigenvalue weighted by molar-refractivity contribution is 9.09. The number of hydrogen-bond donors (Lipinski definition) is 1. The number of primary sulfonamides is 1. The first-order valence-electron chi connectivity index (χ1n) is 3.27. The molecule has 8 heteroatoms. The van der Waals surface area contributed by atoms with Crippen molar-refractivity contribution >= 4 is 54.7 Å². The molecule has 0 aromatic carbocycles. The van der Waals surface area contributed by atoms with E-state index >= 15 is 0 Å². The molecule has 1 rings (SSSR count). The Hall–Kier alpha value is 0.0500. The molecule has 1 heterocycles. The zero-order valence-electron chi connectivity index (χ0n) is 6.66. The van der Waals surface area contributed by atoms with Gasteiger partial charge in [0.1, 0.15) is 4.21 Å². The number of carbonyl (C=O) groups is 1. The van der Waals surface area contributed by atoms with Gasteiger partial charge in [0.2, 0.25) is 10.0 Å². The highest BCUT2D eigenvalue weighted by Crippen LogP contribution is 2.30. The largest absolute Gasteiger partial charge is 0.293 e. The predicted molar refractivity (Wildman–Crippen MR) is 58.8 cm³/mol. The molecule has 0 unspecified atom stereocenters. The fourth-order valence-electron chi connectivity index (χ4n) is 0.823. The van der Waals surface area contributed by atoms with E-state index in [0.717, 1.165) is 11.3 Å². The van der Waals surface area contributed by atoms with E-state index < -0.39 is 10.0 Å². The molecule has 0 fully saturated rings. The van der Waals surface area contributed by atoms with Crippen molar-refractivity contribution in [2.75, 3.05) is 5.33 Å². The number of sulfonamides is 1. The summed E-state index contributed by atoms with van der Waals surface area (Å²) >= 11 is 9.32. The Bertz CT molecular complexity index is 467. The van der Waals surface area contributed by atoms with Crippen molar-refractivity contribution in [2.45, 2.75) is 4.21 Å². The first-order chi connectivity index (χ1) is 6.36. The lowest BCUT2D eigenvalue weighted by Gasteiger charge is -1.96. The molecule has 0 saturated carbocycles. The van der Waals surface area contributed by atoms with Gasteiger partial charge in [0.15, 0.2) is 5.78 Å². The minimum atomic E-state index is -3.88. The van der Waals surface area contributed by atoms with Gasteiger partial charge < -0.3 is 0 Å². The molecule has 0 radical (unpaired) electrons. The monoisotopic (exact) mass is 317 g/mol. The number of alkyl halides is 1. The van der Waals surface area contributed by atoms with Gasteiger partial charge >= 0.3 is 0 Å². The van der Waals surface area contributed by atoms with Gasteiger partial charge in [-0.05, 0) is 6.07 Å². The normalized spacial score (nSPS) is 11.6. The van der Waals surface area contributed by atoms with Gasteiger partial charge in [-0.15, -0.1) is 11.3 Å². The minimum absolute atomic E-state index is 0.0303. The number of ketones is 1. The maximum atomic E-state index is 11.3. The summed E-state index contributed by atoms with van der Waals surface area (Å²) in [7, 11) is -3.88. The number of carbonyl (C=O) groups excluding carboxylic acids is 1. The minimum Gasteiger partial charge on any atom is -0.293 e. The molecule has 0 aliphatic heterocycles. The molecule has 0 amide bonds. The molecule has 1 aromatic rings. The SMILES string of the molecule is NS(=O)(=O)c1sc(Cl)cc1C(=O)CBr. The van der Waals surface area contributed by atoms with E-state index in [1.165, 1.54) is 6.07 Å². The lowest BCUT2D eigenvalue weighted by Crippen LogP contribution is -2.14. The van der Waals surface area contributed by atoms with Gasteiger partial charge in [0.25, 0.3) is 0 Å². The topological polar surface area (TPSA) is 77.2 Å². The maximum Gasteiger partial charge on any atom is 0.248 e. The highest BCUT2D eigenvalue weighted by Gasteiger charge is 2.22. The van der Waals surface area contributed by atoms with E-state index in [4.69, 9.17) is 16.7 Å². The quantitative estimate of drug-likeness (QED) is 0.679. The van der Waals surface area contributed by atoms with Crippen molar-refractivity contribution in [3.05, 3.63) is 16.0 Å². The maximum absolute atomic E-state index is 11.3. The van der Waals surface area contributed by atoms with Gasteiger partial charge in [-0.1, -0.05) is 27.5 Å². The first kappa shape index (κ1) is 12.1. The van der Waals surface area contributed by atoms with Crippen LogP contribution in [0, 0.1) is 0 Å². The molecule has 78 valence electrons. The van der Waals surface area contributed by atoms with Crippen LogP contribution in [0.15, 0.2) is 10.3 Å². The third-order valence-electron chi connectivity index (χ3n) is 1.35. The van der Waals surface area contributed by atoms with E-state index in [-0.39, 0.29) is 25.2 Å². The number of hydrogen-bond acceptors (Lipinski definition) is 4. The number of halogens is 2. The van der Waals surface area contributed by atoms with E-state index in [1.54, 1.807) is 0 Å². The van der Waals surface area contributed by atoms with Crippen LogP contribution in [0.5, 0.6) is 0 Å². The zero-order chi connectivity index (χ0) is 10.9. The molecule has 0 aliphatic rings. The molecular formula is C6H5BrClNO3S2. The zero-order valence-corrected chi connectivity index (χ0v) is 10.6. The molecule has 14 heavy (non-hydrogen) atoms. The van der Waals surface area contributed by atoms with Crippen molar-refractivity contribution in [1.29, 1.82) is 0 Å². The molecule has 0 saturated heterocycles. The van der Waals surface area contributed by atoms with Crippen LogP contribution in [0.1, 0.15) is 10.4 Å². The van der Waals surface area contributed by atoms with E-state index in [0.29, 0.717) is 0 Å². The van der Waals surface area contributed by atoms with Crippen LogP contribution in [-0.4, -0.2) is 19.5 Å². The molecule has 0 aliphatic carbocycles. The van der Waals surface area contributed by atoms with E-state index in [1.807, 2.05) is 0 Å². The Morgan fingerprint density at radius 2 is 2.21 bits per heavy atom. The standard InChI is InChI=1S/C6H5BrClNO3S2/c7-2-4(10)3-1-5(8)13-6(3)14(9,11)12/h1H,2H2,(H2,9,11,12). The number of Topliss-reactive ketones (excluding diaryl/α,β-unsaturated/α-hetero) is 1. The predicted octanol–water partition coefficient (Wildman–Crippen LogP) is 1.63. The Balaban J connectivity index is 3.38. The van der Waals surface area contributed by atoms with Crippen LogP contribution < -0.4 is 5.14 Å². The smallest absolute Gasteiger partial charge is 0.248 e. The summed E-state index contributed by atoms with van der Waals surface area (Å²) < 4.78 is 22.1. The second kappa shape index (κ2) is 4.28. The van der Waals surface area contributed by atoms with Crippen molar-refractivity contribution in [1.82, 2.24) is 0 Å². The van der Waals surface area contributed by atoms with Gasteiger partial charge in [-0.3, -0.25) is 4.79 Å². The first-order valence-corrected chi connectivity index (χ1v) is 7.13. The fraction of sp³-hybridized carbons (Fsp3) is 0.167. The molecule has 1 aromatic heterocycles. The van der Waals surface area contributed by atoms with Crippen LogP contribution in [0.25, 0.3) is 0 Å². The summed E-state index contributed by atoms with van der Waals surface area (Å²) in [6.45, 7) is 0. The third-order valence-corrected chi connectivity index (χ3v) is 4.60. The second-order valence-electron chi connectivity index (χ2n) is 2.35. The average molecular weight is 319 g/mol. The summed E-state index contributed by atoms with van der Waals surface area (Å²) in [6, 6.07) is 1.30. The van der Waals surface area contributed by atoms with Crippen LogP contribution >= 0.6 is 38.9 Å². The Labute approximate surface area is 98.2 Å².